The van der Waals surface area contributed by atoms with Gasteiger partial charge >= 0.3 is 0 Å². The predicted molar refractivity (Wildman–Crippen MR) is 91.8 cm³/mol. The summed E-state index contributed by atoms with van der Waals surface area (Å²) < 4.78 is 30.5. The second-order valence-electron chi connectivity index (χ2n) is 4.90. The van der Waals surface area contributed by atoms with Crippen molar-refractivity contribution in [1.29, 1.82) is 0 Å². The Kier molecular flexibility index (Phi) is 13.2. The van der Waals surface area contributed by atoms with E-state index in [-0.39, 0.29) is 5.75 Å². The Morgan fingerprint density at radius 3 is 2.23 bits per heavy atom. The number of nitrogens with zero attached hydrogens (tertiary/aromatic N) is 1. The van der Waals surface area contributed by atoms with Crippen LogP contribution in [0, 0.1) is 0 Å². The molecule has 0 saturated heterocycles. The number of hydrogen-bond donors (Lipinski definition) is 3. The Morgan fingerprint density at radius 2 is 1.64 bits per heavy atom. The highest BCUT2D eigenvalue weighted by atomic mass is 32.2. The molecule has 3 N–H and O–H groups in total. The molecule has 0 aromatic carbocycles. The maximum atomic E-state index is 11.2. The predicted octanol–water partition coefficient (Wildman–Crippen LogP) is 0.688. The fraction of sp³-hybridized carbons (Fsp3) is 0.929. The molecule has 0 amide bonds. The SMILES string of the molecule is CCCCOCCCNC(=NC)NCCCNS(=O)(=O)CC. The molecule has 0 unspecified atom stereocenters. The standard InChI is InChI=1S/C14H32N4O3S/c1-4-6-12-21-13-8-10-17-14(15-3)16-9-7-11-18-22(19,20)5-2/h18H,4-13H2,1-3H3,(H2,15,16,17). The zero-order valence-corrected chi connectivity index (χ0v) is 15.0. The normalized spacial score (nSPS) is 12.4. The zero-order chi connectivity index (χ0) is 16.7. The van der Waals surface area contributed by atoms with E-state index in [2.05, 4.69) is 27.3 Å². The number of rotatable bonds is 13. The number of hydrogen-bond acceptors (Lipinski definition) is 4. The van der Waals surface area contributed by atoms with Gasteiger partial charge in [-0.3, -0.25) is 4.99 Å². The minimum atomic E-state index is -3.09. The highest BCUT2D eigenvalue weighted by Gasteiger charge is 2.04. The van der Waals surface area contributed by atoms with Gasteiger partial charge in [0.05, 0.1) is 5.75 Å². The molecule has 0 spiro atoms. The topological polar surface area (TPSA) is 91.8 Å². The van der Waals surface area contributed by atoms with Crippen molar-refractivity contribution in [3.63, 3.8) is 0 Å². The Balaban J connectivity index is 3.56. The molecule has 0 radical (unpaired) electrons. The van der Waals surface area contributed by atoms with E-state index >= 15 is 0 Å². The lowest BCUT2D eigenvalue weighted by atomic mass is 10.4. The van der Waals surface area contributed by atoms with E-state index in [1.165, 1.54) is 0 Å². The molecule has 0 aromatic heterocycles. The van der Waals surface area contributed by atoms with Crippen molar-refractivity contribution in [3.8, 4) is 0 Å². The van der Waals surface area contributed by atoms with E-state index in [9.17, 15) is 8.42 Å². The average molecular weight is 337 g/mol. The minimum Gasteiger partial charge on any atom is -0.381 e. The lowest BCUT2D eigenvalue weighted by Crippen LogP contribution is -2.39. The fourth-order valence-electron chi connectivity index (χ4n) is 1.58. The van der Waals surface area contributed by atoms with Crippen LogP contribution in [0.1, 0.15) is 39.5 Å². The second kappa shape index (κ2) is 13.8. The molecule has 7 nitrogen and oxygen atoms in total. The van der Waals surface area contributed by atoms with Gasteiger partial charge in [-0.05, 0) is 26.2 Å². The summed E-state index contributed by atoms with van der Waals surface area (Å²) >= 11 is 0. The first-order valence-corrected chi connectivity index (χ1v) is 9.70. The van der Waals surface area contributed by atoms with Gasteiger partial charge in [0.1, 0.15) is 0 Å². The minimum absolute atomic E-state index is 0.115. The van der Waals surface area contributed by atoms with Gasteiger partial charge < -0.3 is 15.4 Å². The summed E-state index contributed by atoms with van der Waals surface area (Å²) in [6, 6.07) is 0. The number of guanidine groups is 1. The maximum Gasteiger partial charge on any atom is 0.211 e. The number of sulfonamides is 1. The third-order valence-corrected chi connectivity index (χ3v) is 4.38. The molecule has 22 heavy (non-hydrogen) atoms. The van der Waals surface area contributed by atoms with Gasteiger partial charge in [0.15, 0.2) is 5.96 Å². The Bertz CT molecular complexity index is 386. The van der Waals surface area contributed by atoms with Crippen LogP contribution in [0.25, 0.3) is 0 Å². The molecule has 0 heterocycles. The number of unbranched alkanes of at least 4 members (excludes halogenated alkanes) is 1. The summed E-state index contributed by atoms with van der Waals surface area (Å²) in [5, 5.41) is 6.35. The van der Waals surface area contributed by atoms with Crippen molar-refractivity contribution in [2.75, 3.05) is 45.6 Å². The smallest absolute Gasteiger partial charge is 0.211 e. The molecule has 0 aromatic rings. The summed E-state index contributed by atoms with van der Waals surface area (Å²) in [4.78, 5) is 4.11. The molecule has 0 rings (SSSR count). The van der Waals surface area contributed by atoms with Crippen molar-refractivity contribution < 1.29 is 13.2 Å². The van der Waals surface area contributed by atoms with Gasteiger partial charge in [0.25, 0.3) is 0 Å². The molecular formula is C14H32N4O3S. The average Bonchev–Trinajstić information content (AvgIpc) is 2.51. The van der Waals surface area contributed by atoms with E-state index in [4.69, 9.17) is 4.74 Å². The highest BCUT2D eigenvalue weighted by Crippen LogP contribution is 1.89. The Labute approximate surface area is 135 Å². The van der Waals surface area contributed by atoms with Gasteiger partial charge in [-0.1, -0.05) is 13.3 Å². The quantitative estimate of drug-likeness (QED) is 0.261. The third kappa shape index (κ3) is 12.8. The van der Waals surface area contributed by atoms with Crippen LogP contribution in [0.4, 0.5) is 0 Å². The summed E-state index contributed by atoms with van der Waals surface area (Å²) in [6.07, 6.45) is 3.91. The first-order valence-electron chi connectivity index (χ1n) is 8.05. The Hall–Kier alpha value is -0.860. The van der Waals surface area contributed by atoms with Gasteiger partial charge in [-0.25, -0.2) is 13.1 Å². The molecule has 0 atom stereocenters. The number of aliphatic imine (C=N–C) groups is 1. The second-order valence-corrected chi connectivity index (χ2v) is 6.99. The van der Waals surface area contributed by atoms with Crippen LogP contribution in [-0.2, 0) is 14.8 Å². The summed E-state index contributed by atoms with van der Waals surface area (Å²) in [6.45, 7) is 7.25. The van der Waals surface area contributed by atoms with Crippen LogP contribution in [-0.4, -0.2) is 60.0 Å². The first kappa shape index (κ1) is 21.1. The highest BCUT2D eigenvalue weighted by molar-refractivity contribution is 7.89. The van der Waals surface area contributed by atoms with Crippen LogP contribution in [0.15, 0.2) is 4.99 Å². The van der Waals surface area contributed by atoms with E-state index in [1.54, 1.807) is 14.0 Å². The van der Waals surface area contributed by atoms with Crippen LogP contribution in [0.2, 0.25) is 0 Å². The largest absolute Gasteiger partial charge is 0.381 e. The molecule has 8 heteroatoms. The maximum absolute atomic E-state index is 11.2. The van der Waals surface area contributed by atoms with Crippen molar-refractivity contribution in [2.24, 2.45) is 4.99 Å². The van der Waals surface area contributed by atoms with Gasteiger partial charge in [0, 0.05) is 39.9 Å². The molecule has 0 saturated carbocycles. The van der Waals surface area contributed by atoms with E-state index in [0.717, 1.165) is 45.0 Å². The molecule has 0 aliphatic carbocycles. The van der Waals surface area contributed by atoms with Crippen LogP contribution < -0.4 is 15.4 Å². The van der Waals surface area contributed by atoms with Crippen LogP contribution in [0.3, 0.4) is 0 Å². The number of nitrogens with one attached hydrogen (secondary N) is 3. The molecule has 0 bridgehead atoms. The van der Waals surface area contributed by atoms with E-state index < -0.39 is 10.0 Å². The first-order chi connectivity index (χ1) is 10.6. The molecule has 132 valence electrons. The molecule has 0 aliphatic rings. The molecule has 0 aliphatic heterocycles. The van der Waals surface area contributed by atoms with Crippen molar-refractivity contribution >= 4 is 16.0 Å². The summed E-state index contributed by atoms with van der Waals surface area (Å²) in [5.41, 5.74) is 0. The summed E-state index contributed by atoms with van der Waals surface area (Å²) in [7, 11) is -1.38. The van der Waals surface area contributed by atoms with Gasteiger partial charge in [-0.2, -0.15) is 0 Å². The van der Waals surface area contributed by atoms with E-state index in [1.807, 2.05) is 0 Å². The fourth-order valence-corrected chi connectivity index (χ4v) is 2.23. The van der Waals surface area contributed by atoms with Gasteiger partial charge in [0.2, 0.25) is 10.0 Å². The molecule has 0 fully saturated rings. The van der Waals surface area contributed by atoms with Crippen molar-refractivity contribution in [3.05, 3.63) is 0 Å². The zero-order valence-electron chi connectivity index (χ0n) is 14.2. The Morgan fingerprint density at radius 1 is 1.00 bits per heavy atom. The van der Waals surface area contributed by atoms with E-state index in [0.29, 0.717) is 19.5 Å². The molecular weight excluding hydrogens is 304 g/mol. The van der Waals surface area contributed by atoms with Gasteiger partial charge in [-0.15, -0.1) is 0 Å². The summed E-state index contributed by atoms with van der Waals surface area (Å²) in [5.74, 6) is 0.844. The van der Waals surface area contributed by atoms with Crippen molar-refractivity contribution in [2.45, 2.75) is 39.5 Å². The van der Waals surface area contributed by atoms with Crippen LogP contribution >= 0.6 is 0 Å². The lowest BCUT2D eigenvalue weighted by Gasteiger charge is -2.12. The van der Waals surface area contributed by atoms with Crippen LogP contribution in [0.5, 0.6) is 0 Å². The monoisotopic (exact) mass is 336 g/mol. The third-order valence-electron chi connectivity index (χ3n) is 2.97. The van der Waals surface area contributed by atoms with Crippen molar-refractivity contribution in [1.82, 2.24) is 15.4 Å². The lowest BCUT2D eigenvalue weighted by molar-refractivity contribution is 0.129. The number of ether oxygens (including phenoxy) is 1.